The highest BCUT2D eigenvalue weighted by Crippen LogP contribution is 2.45. The molecule has 1 atom stereocenters. The number of aliphatic hydroxyl groups excluding tert-OH is 1. The van der Waals surface area contributed by atoms with Crippen LogP contribution in [-0.4, -0.2) is 41.5 Å². The van der Waals surface area contributed by atoms with Crippen molar-refractivity contribution in [3.63, 3.8) is 0 Å². The molecule has 4 rings (SSSR count). The van der Waals surface area contributed by atoms with Crippen LogP contribution in [-0.2, 0) is 14.3 Å². The Bertz CT molecular complexity index is 1420. The minimum Gasteiger partial charge on any atom is -0.507 e. The standard InChI is InChI=1S/C25H20Cl2N2O6S/c1-4-35-15-7-5-6-14(10-15)20(30)18-19(13-8-9-16(26)17(27)11-13)29(23(32)21(18)31)25-28-12(2)22(36-25)24(33)34-3/h5-11,19,30H,4H2,1-3H3/b20-18+. The number of aryl methyl sites for hydroxylation is 1. The molecule has 1 aromatic heterocycles. The minimum absolute atomic E-state index is 0.0909. The number of halogens is 2. The maximum atomic E-state index is 13.3. The molecule has 1 N–H and O–H groups in total. The average molecular weight is 547 g/mol. The van der Waals surface area contributed by atoms with Crippen LogP contribution in [0.4, 0.5) is 5.13 Å². The van der Waals surface area contributed by atoms with Crippen molar-refractivity contribution in [2.45, 2.75) is 19.9 Å². The molecule has 1 fully saturated rings. The number of thiazole rings is 1. The molecule has 2 aromatic carbocycles. The second-order valence-corrected chi connectivity index (χ2v) is 9.50. The highest BCUT2D eigenvalue weighted by Gasteiger charge is 2.48. The highest BCUT2D eigenvalue weighted by atomic mass is 35.5. The van der Waals surface area contributed by atoms with Crippen LogP contribution in [0.25, 0.3) is 5.76 Å². The molecule has 0 spiro atoms. The second kappa shape index (κ2) is 10.3. The topological polar surface area (TPSA) is 106 Å². The van der Waals surface area contributed by atoms with Crippen molar-refractivity contribution in [3.05, 3.63) is 79.8 Å². The molecule has 1 aliphatic heterocycles. The van der Waals surface area contributed by atoms with Gasteiger partial charge in [-0.15, -0.1) is 0 Å². The summed E-state index contributed by atoms with van der Waals surface area (Å²) in [5, 5.41) is 11.8. The summed E-state index contributed by atoms with van der Waals surface area (Å²) < 4.78 is 10.3. The van der Waals surface area contributed by atoms with Crippen molar-refractivity contribution < 1.29 is 29.0 Å². The van der Waals surface area contributed by atoms with Crippen LogP contribution >= 0.6 is 34.5 Å². The number of aromatic nitrogens is 1. The van der Waals surface area contributed by atoms with E-state index in [2.05, 4.69) is 4.98 Å². The number of aliphatic hydroxyl groups is 1. The summed E-state index contributed by atoms with van der Waals surface area (Å²) in [6.45, 7) is 3.82. The van der Waals surface area contributed by atoms with Gasteiger partial charge in [0.05, 0.1) is 41.1 Å². The van der Waals surface area contributed by atoms with Gasteiger partial charge in [0.1, 0.15) is 16.4 Å². The summed E-state index contributed by atoms with van der Waals surface area (Å²) in [4.78, 5) is 44.5. The maximum Gasteiger partial charge on any atom is 0.350 e. The number of nitrogens with zero attached hydrogens (tertiary/aromatic N) is 2. The number of anilines is 1. The number of methoxy groups -OCH3 is 1. The SMILES string of the molecule is CCOc1cccc(/C(O)=C2\C(=O)C(=O)N(c3nc(C)c(C(=O)OC)s3)C2c2ccc(Cl)c(Cl)c2)c1. The van der Waals surface area contributed by atoms with Crippen LogP contribution in [0.5, 0.6) is 5.75 Å². The van der Waals surface area contributed by atoms with Gasteiger partial charge in [-0.3, -0.25) is 14.5 Å². The van der Waals surface area contributed by atoms with Gasteiger partial charge in [-0.25, -0.2) is 9.78 Å². The summed E-state index contributed by atoms with van der Waals surface area (Å²) in [5.41, 5.74) is 0.869. The van der Waals surface area contributed by atoms with Crippen molar-refractivity contribution >= 4 is 63.1 Å². The number of amides is 1. The van der Waals surface area contributed by atoms with Gasteiger partial charge in [-0.2, -0.15) is 0 Å². The Kier molecular flexibility index (Phi) is 7.35. The van der Waals surface area contributed by atoms with E-state index in [9.17, 15) is 19.5 Å². The Morgan fingerprint density at radius 3 is 2.58 bits per heavy atom. The molecule has 1 aliphatic rings. The number of hydrogen-bond donors (Lipinski definition) is 1. The predicted molar refractivity (Wildman–Crippen MR) is 137 cm³/mol. The zero-order valence-corrected chi connectivity index (χ0v) is 21.7. The van der Waals surface area contributed by atoms with Gasteiger partial charge in [0.2, 0.25) is 0 Å². The number of carbonyl (C=O) groups excluding carboxylic acids is 3. The van der Waals surface area contributed by atoms with Crippen LogP contribution in [0.15, 0.2) is 48.0 Å². The number of ketones is 1. The Morgan fingerprint density at radius 2 is 1.92 bits per heavy atom. The van der Waals surface area contributed by atoms with E-state index in [1.54, 1.807) is 37.3 Å². The minimum atomic E-state index is -1.09. The number of ether oxygens (including phenoxy) is 2. The third kappa shape index (κ3) is 4.57. The largest absolute Gasteiger partial charge is 0.507 e. The van der Waals surface area contributed by atoms with Gasteiger partial charge in [0.25, 0.3) is 5.78 Å². The first-order chi connectivity index (χ1) is 17.2. The van der Waals surface area contributed by atoms with Gasteiger partial charge in [-0.05, 0) is 43.7 Å². The lowest BCUT2D eigenvalue weighted by Gasteiger charge is -2.23. The first-order valence-electron chi connectivity index (χ1n) is 10.7. The molecule has 8 nitrogen and oxygen atoms in total. The van der Waals surface area contributed by atoms with Crippen LogP contribution in [0, 0.1) is 6.92 Å². The maximum absolute atomic E-state index is 13.3. The first-order valence-corrected chi connectivity index (χ1v) is 12.3. The van der Waals surface area contributed by atoms with E-state index in [-0.39, 0.29) is 31.2 Å². The number of benzene rings is 2. The fourth-order valence-electron chi connectivity index (χ4n) is 3.85. The van der Waals surface area contributed by atoms with Crippen LogP contribution in [0.1, 0.15) is 39.5 Å². The summed E-state index contributed by atoms with van der Waals surface area (Å²) in [5.74, 6) is -2.36. The Balaban J connectivity index is 1.94. The lowest BCUT2D eigenvalue weighted by Crippen LogP contribution is -2.29. The molecular weight excluding hydrogens is 527 g/mol. The average Bonchev–Trinajstić information content (AvgIpc) is 3.37. The van der Waals surface area contributed by atoms with Crippen molar-refractivity contribution in [2.75, 3.05) is 18.6 Å². The third-order valence-corrected chi connectivity index (χ3v) is 7.36. The normalized spacial score (nSPS) is 16.9. The molecule has 1 amide bonds. The fraction of sp³-hybridized carbons (Fsp3) is 0.200. The summed E-state index contributed by atoms with van der Waals surface area (Å²) in [7, 11) is 1.24. The smallest absolute Gasteiger partial charge is 0.350 e. The second-order valence-electron chi connectivity index (χ2n) is 7.71. The molecule has 0 bridgehead atoms. The molecular formula is C25H20Cl2N2O6S. The molecule has 1 saturated heterocycles. The summed E-state index contributed by atoms with van der Waals surface area (Å²) in [6.07, 6.45) is 0. The monoisotopic (exact) mass is 546 g/mol. The highest BCUT2D eigenvalue weighted by molar-refractivity contribution is 7.17. The summed E-state index contributed by atoms with van der Waals surface area (Å²) in [6, 6.07) is 10.1. The number of carbonyl (C=O) groups is 3. The molecule has 1 unspecified atom stereocenters. The molecule has 36 heavy (non-hydrogen) atoms. The summed E-state index contributed by atoms with van der Waals surface area (Å²) >= 11 is 13.3. The lowest BCUT2D eigenvalue weighted by atomic mass is 9.95. The van der Waals surface area contributed by atoms with Gasteiger partial charge in [0, 0.05) is 5.56 Å². The van der Waals surface area contributed by atoms with Gasteiger partial charge >= 0.3 is 11.9 Å². The van der Waals surface area contributed by atoms with Crippen molar-refractivity contribution in [3.8, 4) is 5.75 Å². The van der Waals surface area contributed by atoms with Crippen molar-refractivity contribution in [1.29, 1.82) is 0 Å². The number of Topliss-reactive ketones (excluding diaryl/α,β-unsaturated/α-hetero) is 1. The zero-order valence-electron chi connectivity index (χ0n) is 19.4. The predicted octanol–water partition coefficient (Wildman–Crippen LogP) is 5.57. The van der Waals surface area contributed by atoms with E-state index in [0.717, 1.165) is 16.2 Å². The Morgan fingerprint density at radius 1 is 1.17 bits per heavy atom. The Labute approximate surface area is 220 Å². The van der Waals surface area contributed by atoms with Crippen LogP contribution < -0.4 is 9.64 Å². The molecule has 0 radical (unpaired) electrons. The number of hydrogen-bond acceptors (Lipinski definition) is 8. The molecule has 3 aromatic rings. The van der Waals surface area contributed by atoms with Gasteiger partial charge in [0.15, 0.2) is 5.13 Å². The lowest BCUT2D eigenvalue weighted by molar-refractivity contribution is -0.132. The molecule has 2 heterocycles. The van der Waals surface area contributed by atoms with Gasteiger partial charge < -0.3 is 14.6 Å². The van der Waals surface area contributed by atoms with E-state index < -0.39 is 29.5 Å². The number of rotatable bonds is 6. The van der Waals surface area contributed by atoms with E-state index >= 15 is 0 Å². The third-order valence-electron chi connectivity index (χ3n) is 5.48. The van der Waals surface area contributed by atoms with Crippen LogP contribution in [0.2, 0.25) is 10.0 Å². The van der Waals surface area contributed by atoms with E-state index in [1.807, 2.05) is 6.92 Å². The zero-order chi connectivity index (χ0) is 26.1. The first kappa shape index (κ1) is 25.7. The fourth-order valence-corrected chi connectivity index (χ4v) is 5.17. The molecule has 0 aliphatic carbocycles. The quantitative estimate of drug-likeness (QED) is 0.186. The van der Waals surface area contributed by atoms with E-state index in [4.69, 9.17) is 32.7 Å². The van der Waals surface area contributed by atoms with E-state index in [0.29, 0.717) is 23.6 Å². The number of esters is 1. The molecule has 186 valence electrons. The van der Waals surface area contributed by atoms with Gasteiger partial charge in [-0.1, -0.05) is 52.7 Å². The Hall–Kier alpha value is -3.40. The van der Waals surface area contributed by atoms with Crippen molar-refractivity contribution in [1.82, 2.24) is 4.98 Å². The van der Waals surface area contributed by atoms with Crippen molar-refractivity contribution in [2.24, 2.45) is 0 Å². The molecule has 11 heteroatoms. The van der Waals surface area contributed by atoms with Crippen LogP contribution in [0.3, 0.4) is 0 Å². The van der Waals surface area contributed by atoms with E-state index in [1.165, 1.54) is 19.2 Å². The molecule has 0 saturated carbocycles.